The first kappa shape index (κ1) is 34.6. The van der Waals surface area contributed by atoms with E-state index in [1.807, 2.05) is 6.07 Å². The largest absolute Gasteiger partial charge is 0.478 e. The summed E-state index contributed by atoms with van der Waals surface area (Å²) in [6, 6.07) is 6.78. The van der Waals surface area contributed by atoms with Crippen LogP contribution in [-0.2, 0) is 12.8 Å². The molecule has 0 atom stereocenters. The van der Waals surface area contributed by atoms with Gasteiger partial charge in [0.05, 0.1) is 11.1 Å². The Labute approximate surface area is 258 Å². The van der Waals surface area contributed by atoms with E-state index in [0.29, 0.717) is 35.0 Å². The van der Waals surface area contributed by atoms with Gasteiger partial charge in [0.15, 0.2) is 0 Å². The molecule has 0 bridgehead atoms. The molecule has 0 aliphatic carbocycles. The van der Waals surface area contributed by atoms with E-state index >= 15 is 0 Å². The summed E-state index contributed by atoms with van der Waals surface area (Å²) in [4.78, 5) is 29.8. The Balaban J connectivity index is 2.00. The standard InChI is InChI=1S/C36H54N2O5/c1-5-9-19-37(20-10-6-2)23-13-15-27-26-32-34(30-25-28(35(39)40)17-18-31(30)43-32)29(33(27)36(41)42)16-14-24-38(21-11-7-3)22-12-8-4/h17-18,25-26H,5-16,19-24H2,1-4H3,(H,39,40)(H,41,42). The first-order chi connectivity index (χ1) is 20.8. The second-order valence-electron chi connectivity index (χ2n) is 12.0. The molecule has 0 saturated heterocycles. The summed E-state index contributed by atoms with van der Waals surface area (Å²) in [6.07, 6.45) is 12.3. The third kappa shape index (κ3) is 9.80. The van der Waals surface area contributed by atoms with Crippen LogP contribution in [0.1, 0.15) is 124 Å². The molecule has 0 aliphatic rings. The van der Waals surface area contributed by atoms with E-state index in [4.69, 9.17) is 4.42 Å². The van der Waals surface area contributed by atoms with Crippen molar-refractivity contribution in [2.75, 3.05) is 39.3 Å². The van der Waals surface area contributed by atoms with Gasteiger partial charge in [-0.1, -0.05) is 53.4 Å². The molecular formula is C36H54N2O5. The average molecular weight is 595 g/mol. The maximum absolute atomic E-state index is 12.9. The molecule has 2 aromatic carbocycles. The van der Waals surface area contributed by atoms with Crippen molar-refractivity contribution in [1.82, 2.24) is 9.80 Å². The van der Waals surface area contributed by atoms with Crippen LogP contribution in [0.15, 0.2) is 28.7 Å². The number of unbranched alkanes of at least 4 members (excludes halogenated alkanes) is 4. The second kappa shape index (κ2) is 18.0. The first-order valence-corrected chi connectivity index (χ1v) is 16.8. The van der Waals surface area contributed by atoms with Gasteiger partial charge in [-0.2, -0.15) is 0 Å². The molecule has 0 amide bonds. The van der Waals surface area contributed by atoms with Crippen LogP contribution in [0.25, 0.3) is 21.9 Å². The number of rotatable bonds is 22. The van der Waals surface area contributed by atoms with Gasteiger partial charge in [-0.3, -0.25) is 0 Å². The predicted molar refractivity (Wildman–Crippen MR) is 177 cm³/mol. The average Bonchev–Trinajstić information content (AvgIpc) is 3.36. The summed E-state index contributed by atoms with van der Waals surface area (Å²) in [7, 11) is 0. The number of furan rings is 1. The van der Waals surface area contributed by atoms with E-state index in [-0.39, 0.29) is 5.56 Å². The third-order valence-corrected chi connectivity index (χ3v) is 8.54. The van der Waals surface area contributed by atoms with Crippen molar-refractivity contribution in [3.8, 4) is 0 Å². The molecular weight excluding hydrogens is 540 g/mol. The molecule has 7 heteroatoms. The number of aryl methyl sites for hydroxylation is 2. The van der Waals surface area contributed by atoms with Crippen molar-refractivity contribution in [2.24, 2.45) is 0 Å². The van der Waals surface area contributed by atoms with E-state index in [1.54, 1.807) is 18.2 Å². The summed E-state index contributed by atoms with van der Waals surface area (Å²) < 4.78 is 6.26. The molecule has 0 spiro atoms. The molecule has 43 heavy (non-hydrogen) atoms. The smallest absolute Gasteiger partial charge is 0.336 e. The SMILES string of the molecule is CCCCN(CCCC)CCCc1cc2oc3ccc(C(=O)O)cc3c2c(CCCN(CCCC)CCCC)c1C(=O)O. The Morgan fingerprint density at radius 1 is 0.651 bits per heavy atom. The molecule has 2 N–H and O–H groups in total. The molecule has 3 rings (SSSR count). The van der Waals surface area contributed by atoms with Crippen molar-refractivity contribution in [3.63, 3.8) is 0 Å². The summed E-state index contributed by atoms with van der Waals surface area (Å²) in [5, 5.41) is 21.7. The van der Waals surface area contributed by atoms with Crippen LogP contribution in [0, 0.1) is 0 Å². The van der Waals surface area contributed by atoms with Gasteiger partial charge in [0.1, 0.15) is 11.2 Å². The highest BCUT2D eigenvalue weighted by Gasteiger charge is 2.24. The van der Waals surface area contributed by atoms with E-state index in [2.05, 4.69) is 37.5 Å². The quantitative estimate of drug-likeness (QED) is 0.120. The number of carboxylic acids is 2. The summed E-state index contributed by atoms with van der Waals surface area (Å²) in [5.41, 5.74) is 3.38. The van der Waals surface area contributed by atoms with Crippen LogP contribution in [0.3, 0.4) is 0 Å². The highest BCUT2D eigenvalue weighted by atomic mass is 16.4. The molecule has 7 nitrogen and oxygen atoms in total. The van der Waals surface area contributed by atoms with E-state index < -0.39 is 11.9 Å². The maximum Gasteiger partial charge on any atom is 0.336 e. The van der Waals surface area contributed by atoms with Crippen LogP contribution < -0.4 is 0 Å². The number of carboxylic acid groups (broad SMARTS) is 2. The summed E-state index contributed by atoms with van der Waals surface area (Å²) in [6.45, 7) is 15.0. The lowest BCUT2D eigenvalue weighted by Crippen LogP contribution is -2.28. The lowest BCUT2D eigenvalue weighted by atomic mass is 9.90. The molecule has 0 fully saturated rings. The van der Waals surface area contributed by atoms with Crippen LogP contribution in [0.2, 0.25) is 0 Å². The molecule has 0 radical (unpaired) electrons. The number of carbonyl (C=O) groups is 2. The Bertz CT molecular complexity index is 1300. The minimum absolute atomic E-state index is 0.173. The summed E-state index contributed by atoms with van der Waals surface area (Å²) >= 11 is 0. The number of nitrogens with zero attached hydrogens (tertiary/aromatic N) is 2. The van der Waals surface area contributed by atoms with Crippen LogP contribution >= 0.6 is 0 Å². The Hall–Kier alpha value is -2.90. The van der Waals surface area contributed by atoms with Crippen molar-refractivity contribution < 1.29 is 24.2 Å². The molecule has 238 valence electrons. The zero-order chi connectivity index (χ0) is 31.2. The number of hydrogen-bond acceptors (Lipinski definition) is 5. The van der Waals surface area contributed by atoms with Gasteiger partial charge in [-0.25, -0.2) is 9.59 Å². The second-order valence-corrected chi connectivity index (χ2v) is 12.0. The van der Waals surface area contributed by atoms with Gasteiger partial charge < -0.3 is 24.4 Å². The van der Waals surface area contributed by atoms with E-state index in [9.17, 15) is 19.8 Å². The van der Waals surface area contributed by atoms with Crippen LogP contribution in [0.4, 0.5) is 0 Å². The van der Waals surface area contributed by atoms with Gasteiger partial charge in [0, 0.05) is 10.8 Å². The fourth-order valence-electron chi connectivity index (χ4n) is 6.10. The zero-order valence-electron chi connectivity index (χ0n) is 27.1. The molecule has 1 aromatic heterocycles. The fraction of sp³-hybridized carbons (Fsp3) is 0.611. The third-order valence-electron chi connectivity index (χ3n) is 8.54. The van der Waals surface area contributed by atoms with E-state index in [0.717, 1.165) is 107 Å². The van der Waals surface area contributed by atoms with Gasteiger partial charge >= 0.3 is 11.9 Å². The molecule has 0 aliphatic heterocycles. The fourth-order valence-corrected chi connectivity index (χ4v) is 6.10. The van der Waals surface area contributed by atoms with Gasteiger partial charge in [0.25, 0.3) is 0 Å². The predicted octanol–water partition coefficient (Wildman–Crippen LogP) is 8.65. The maximum atomic E-state index is 12.9. The van der Waals surface area contributed by atoms with Crippen LogP contribution in [-0.4, -0.2) is 71.2 Å². The monoisotopic (exact) mass is 594 g/mol. The molecule has 1 heterocycles. The lowest BCUT2D eigenvalue weighted by molar-refractivity contribution is 0.0684. The van der Waals surface area contributed by atoms with Gasteiger partial charge in [0.2, 0.25) is 0 Å². The number of benzene rings is 2. The minimum atomic E-state index is -1.01. The first-order valence-electron chi connectivity index (χ1n) is 16.8. The van der Waals surface area contributed by atoms with Crippen molar-refractivity contribution in [3.05, 3.63) is 46.5 Å². The number of hydrogen-bond donors (Lipinski definition) is 2. The van der Waals surface area contributed by atoms with Crippen molar-refractivity contribution >= 4 is 33.9 Å². The number of fused-ring (bicyclic) bond motifs is 3. The Morgan fingerprint density at radius 3 is 1.65 bits per heavy atom. The van der Waals surface area contributed by atoms with Crippen LogP contribution in [0.5, 0.6) is 0 Å². The highest BCUT2D eigenvalue weighted by molar-refractivity contribution is 6.12. The summed E-state index contributed by atoms with van der Waals surface area (Å²) in [5.74, 6) is -1.93. The molecule has 0 unspecified atom stereocenters. The normalized spacial score (nSPS) is 11.9. The molecule has 0 saturated carbocycles. The number of aromatic carboxylic acids is 2. The molecule has 3 aromatic rings. The van der Waals surface area contributed by atoms with Gasteiger partial charge in [-0.05, 0) is 126 Å². The Morgan fingerprint density at radius 2 is 1.16 bits per heavy atom. The van der Waals surface area contributed by atoms with Crippen molar-refractivity contribution in [1.29, 1.82) is 0 Å². The lowest BCUT2D eigenvalue weighted by Gasteiger charge is -2.23. The van der Waals surface area contributed by atoms with Gasteiger partial charge in [-0.15, -0.1) is 0 Å². The van der Waals surface area contributed by atoms with E-state index in [1.165, 1.54) is 12.8 Å². The Kier molecular flexibility index (Phi) is 14.5. The van der Waals surface area contributed by atoms with Crippen molar-refractivity contribution in [2.45, 2.75) is 105 Å². The zero-order valence-corrected chi connectivity index (χ0v) is 27.1. The highest BCUT2D eigenvalue weighted by Crippen LogP contribution is 2.37. The minimum Gasteiger partial charge on any atom is -0.478 e. The topological polar surface area (TPSA) is 94.2 Å².